The number of rotatable bonds is 2. The van der Waals surface area contributed by atoms with E-state index in [-0.39, 0.29) is 5.75 Å². The molecule has 3 nitrogen and oxygen atoms in total. The van der Waals surface area contributed by atoms with Gasteiger partial charge in [0, 0.05) is 15.4 Å². The Morgan fingerprint density at radius 2 is 1.95 bits per heavy atom. The molecule has 1 aromatic heterocycles. The lowest BCUT2D eigenvalue weighted by atomic mass is 10.1. The molecule has 22 heavy (non-hydrogen) atoms. The van der Waals surface area contributed by atoms with Gasteiger partial charge in [0.05, 0.1) is 11.8 Å². The second-order valence-electron chi connectivity index (χ2n) is 4.77. The molecule has 0 saturated carbocycles. The number of nitrogens with zero attached hydrogens (tertiary/aromatic N) is 1. The molecule has 0 amide bonds. The number of aromatic nitrogens is 2. The zero-order valence-electron chi connectivity index (χ0n) is 11.3. The highest BCUT2D eigenvalue weighted by molar-refractivity contribution is 9.10. The molecule has 7 heteroatoms. The lowest BCUT2D eigenvalue weighted by Gasteiger charge is -2.14. The molecule has 0 atom stereocenters. The van der Waals surface area contributed by atoms with E-state index in [1.54, 1.807) is 25.3 Å². The Morgan fingerprint density at radius 3 is 2.68 bits per heavy atom. The van der Waals surface area contributed by atoms with E-state index in [9.17, 15) is 13.2 Å². The molecule has 0 spiro atoms. The number of benzene rings is 2. The van der Waals surface area contributed by atoms with Crippen molar-refractivity contribution < 1.29 is 17.9 Å². The van der Waals surface area contributed by atoms with Crippen LogP contribution >= 0.6 is 15.9 Å². The molecule has 2 aromatic carbocycles. The topological polar surface area (TPSA) is 37.9 Å². The summed E-state index contributed by atoms with van der Waals surface area (Å²) in [4.78, 5) is 0. The molecule has 0 bridgehead atoms. The predicted octanol–water partition coefficient (Wildman–Crippen LogP) is 5.44. The van der Waals surface area contributed by atoms with Gasteiger partial charge in [-0.25, -0.2) is 0 Å². The molecule has 1 N–H and O–H groups in total. The Hall–Kier alpha value is -2.02. The van der Waals surface area contributed by atoms with Crippen LogP contribution in [0.25, 0.3) is 10.9 Å². The number of nitrogens with one attached hydrogen (secondary N) is 1. The van der Waals surface area contributed by atoms with E-state index in [4.69, 9.17) is 4.74 Å². The summed E-state index contributed by atoms with van der Waals surface area (Å²) in [6.07, 6.45) is -2.81. The summed E-state index contributed by atoms with van der Waals surface area (Å²) in [5.74, 6) is 0.563. The van der Waals surface area contributed by atoms with Crippen molar-refractivity contribution in [1.29, 1.82) is 0 Å². The van der Waals surface area contributed by atoms with Crippen molar-refractivity contribution in [2.75, 3.05) is 0 Å². The highest BCUT2D eigenvalue weighted by atomic mass is 79.9. The van der Waals surface area contributed by atoms with Crippen LogP contribution in [0, 0.1) is 6.92 Å². The van der Waals surface area contributed by atoms with Gasteiger partial charge in [-0.05, 0) is 25.1 Å². The maximum Gasteiger partial charge on any atom is 0.416 e. The molecule has 1 heterocycles. The van der Waals surface area contributed by atoms with Crippen LogP contribution in [0.3, 0.4) is 0 Å². The van der Waals surface area contributed by atoms with Crippen LogP contribution in [0.5, 0.6) is 11.5 Å². The van der Waals surface area contributed by atoms with Crippen LogP contribution in [0.4, 0.5) is 13.2 Å². The van der Waals surface area contributed by atoms with Gasteiger partial charge in [-0.15, -0.1) is 0 Å². The van der Waals surface area contributed by atoms with Crippen molar-refractivity contribution >= 4 is 26.8 Å². The maximum absolute atomic E-state index is 12.9. The summed E-state index contributed by atoms with van der Waals surface area (Å²) in [5.41, 5.74) is 0.455. The maximum atomic E-state index is 12.9. The van der Waals surface area contributed by atoms with Crippen LogP contribution < -0.4 is 4.74 Å². The van der Waals surface area contributed by atoms with Crippen LogP contribution in [-0.4, -0.2) is 10.2 Å². The first-order valence-electron chi connectivity index (χ1n) is 6.33. The van der Waals surface area contributed by atoms with Crippen molar-refractivity contribution in [3.05, 3.63) is 52.1 Å². The zero-order valence-corrected chi connectivity index (χ0v) is 12.9. The molecule has 3 rings (SSSR count). The Balaban J connectivity index is 2.09. The Kier molecular flexibility index (Phi) is 3.60. The molecule has 0 fully saturated rings. The first-order chi connectivity index (χ1) is 10.4. The lowest BCUT2D eigenvalue weighted by Crippen LogP contribution is -2.06. The summed E-state index contributed by atoms with van der Waals surface area (Å²) in [6, 6.07) is 7.30. The van der Waals surface area contributed by atoms with Crippen molar-refractivity contribution in [1.82, 2.24) is 10.2 Å². The van der Waals surface area contributed by atoms with E-state index in [1.165, 1.54) is 0 Å². The standard InChI is InChI=1S/C15H10BrF3N2O/c1-8-11(16)5-10(15(17,18)19)6-13(8)22-12-4-2-3-9-7-20-21-14(9)12/h2-7H,1H3,(H,20,21). The summed E-state index contributed by atoms with van der Waals surface area (Å²) >= 11 is 3.14. The average Bonchev–Trinajstić information content (AvgIpc) is 2.92. The third-order valence-electron chi connectivity index (χ3n) is 3.28. The lowest BCUT2D eigenvalue weighted by molar-refractivity contribution is -0.137. The molecule has 0 unspecified atom stereocenters. The minimum Gasteiger partial charge on any atom is -0.455 e. The minimum absolute atomic E-state index is 0.142. The number of aromatic amines is 1. The van der Waals surface area contributed by atoms with Crippen molar-refractivity contribution in [2.24, 2.45) is 0 Å². The number of para-hydroxylation sites is 1. The minimum atomic E-state index is -4.44. The highest BCUT2D eigenvalue weighted by Gasteiger charge is 2.32. The van der Waals surface area contributed by atoms with Crippen LogP contribution in [0.2, 0.25) is 0 Å². The van der Waals surface area contributed by atoms with Gasteiger partial charge in [0.2, 0.25) is 0 Å². The van der Waals surface area contributed by atoms with Gasteiger partial charge < -0.3 is 4.74 Å². The fourth-order valence-electron chi connectivity index (χ4n) is 2.07. The first kappa shape index (κ1) is 14.9. The molecule has 0 aliphatic heterocycles. The van der Waals surface area contributed by atoms with Gasteiger partial charge in [-0.3, -0.25) is 5.10 Å². The zero-order chi connectivity index (χ0) is 15.9. The molecular weight excluding hydrogens is 361 g/mol. The van der Waals surface area contributed by atoms with Crippen molar-refractivity contribution in [2.45, 2.75) is 13.1 Å². The van der Waals surface area contributed by atoms with E-state index in [0.717, 1.165) is 17.5 Å². The average molecular weight is 371 g/mol. The third kappa shape index (κ3) is 2.68. The Morgan fingerprint density at radius 1 is 1.18 bits per heavy atom. The molecule has 0 radical (unpaired) electrons. The van der Waals surface area contributed by atoms with E-state index in [1.807, 2.05) is 6.07 Å². The smallest absolute Gasteiger partial charge is 0.416 e. The largest absolute Gasteiger partial charge is 0.455 e. The van der Waals surface area contributed by atoms with E-state index >= 15 is 0 Å². The van der Waals surface area contributed by atoms with Gasteiger partial charge in [0.25, 0.3) is 0 Å². The summed E-state index contributed by atoms with van der Waals surface area (Å²) in [7, 11) is 0. The van der Waals surface area contributed by atoms with E-state index in [2.05, 4.69) is 26.1 Å². The quantitative estimate of drug-likeness (QED) is 0.651. The van der Waals surface area contributed by atoms with Crippen LogP contribution in [0.1, 0.15) is 11.1 Å². The molecule has 0 aliphatic carbocycles. The SMILES string of the molecule is Cc1c(Br)cc(C(F)(F)F)cc1Oc1cccc2cn[nH]c12. The first-order valence-corrected chi connectivity index (χ1v) is 7.13. The van der Waals surface area contributed by atoms with Gasteiger partial charge in [0.15, 0.2) is 5.75 Å². The number of halogens is 4. The van der Waals surface area contributed by atoms with E-state index in [0.29, 0.717) is 21.3 Å². The third-order valence-corrected chi connectivity index (χ3v) is 4.11. The molecule has 3 aromatic rings. The number of hydrogen-bond donors (Lipinski definition) is 1. The number of fused-ring (bicyclic) bond motifs is 1. The fraction of sp³-hybridized carbons (Fsp3) is 0.133. The van der Waals surface area contributed by atoms with Crippen molar-refractivity contribution in [3.63, 3.8) is 0 Å². The number of ether oxygens (including phenoxy) is 1. The van der Waals surface area contributed by atoms with E-state index < -0.39 is 11.7 Å². The second kappa shape index (κ2) is 5.31. The second-order valence-corrected chi connectivity index (χ2v) is 5.63. The van der Waals surface area contributed by atoms with Crippen LogP contribution in [0.15, 0.2) is 41.0 Å². The predicted molar refractivity (Wildman–Crippen MR) is 80.0 cm³/mol. The molecule has 0 aliphatic rings. The number of H-pyrrole nitrogens is 1. The summed E-state index contributed by atoms with van der Waals surface area (Å²) in [6.45, 7) is 1.69. The molecule has 0 saturated heterocycles. The number of alkyl halides is 3. The monoisotopic (exact) mass is 370 g/mol. The van der Waals surface area contributed by atoms with Gasteiger partial charge >= 0.3 is 6.18 Å². The fourth-order valence-corrected chi connectivity index (χ4v) is 2.51. The van der Waals surface area contributed by atoms with Gasteiger partial charge in [0.1, 0.15) is 11.3 Å². The van der Waals surface area contributed by atoms with Gasteiger partial charge in [-0.2, -0.15) is 18.3 Å². The van der Waals surface area contributed by atoms with Gasteiger partial charge in [-0.1, -0.05) is 28.1 Å². The normalized spacial score (nSPS) is 11.9. The van der Waals surface area contributed by atoms with Crippen molar-refractivity contribution in [3.8, 4) is 11.5 Å². The van der Waals surface area contributed by atoms with Crippen LogP contribution in [-0.2, 0) is 6.18 Å². The Labute approximate surface area is 132 Å². The Bertz CT molecular complexity index is 842. The molecular formula is C15H10BrF3N2O. The summed E-state index contributed by atoms with van der Waals surface area (Å²) in [5, 5.41) is 7.51. The highest BCUT2D eigenvalue weighted by Crippen LogP contribution is 2.39. The summed E-state index contributed by atoms with van der Waals surface area (Å²) < 4.78 is 44.8. The number of hydrogen-bond acceptors (Lipinski definition) is 2. The molecule has 114 valence electrons.